The molecule has 0 saturated carbocycles. The van der Waals surface area contributed by atoms with E-state index in [2.05, 4.69) is 5.32 Å². The topological polar surface area (TPSA) is 93.5 Å². The Kier molecular flexibility index (Phi) is 6.48. The van der Waals surface area contributed by atoms with Crippen molar-refractivity contribution >= 4 is 21.6 Å². The monoisotopic (exact) mass is 466 g/mol. The molecule has 1 amide bonds. The molecule has 0 bridgehead atoms. The summed E-state index contributed by atoms with van der Waals surface area (Å²) in [6.07, 6.45) is -4.75. The van der Waals surface area contributed by atoms with E-state index in [1.165, 1.54) is 36.2 Å². The quantitative estimate of drug-likeness (QED) is 0.748. The van der Waals surface area contributed by atoms with E-state index in [1.54, 1.807) is 19.1 Å². The summed E-state index contributed by atoms with van der Waals surface area (Å²) in [5.74, 6) is -0.535. The summed E-state index contributed by atoms with van der Waals surface area (Å²) in [5, 5.41) is 11.5. The first-order valence-corrected chi connectivity index (χ1v) is 11.1. The zero-order chi connectivity index (χ0) is 23.7. The van der Waals surface area contributed by atoms with Crippen LogP contribution >= 0.6 is 0 Å². The largest absolute Gasteiger partial charge is 0.417 e. The molecular formula is C21H21F3N4O3S. The standard InChI is InChI=1S/C21H21F3N4O3S/c1-14-4-3-5-17(10-14)32(30,31)27-8-9-28(19(13-27)20(29)26-2)16-7-6-15(12-25)18(11-16)21(22,23)24/h3-7,10-11,19H,8-9,13H2,1-2H3,(H,26,29). The van der Waals surface area contributed by atoms with Gasteiger partial charge >= 0.3 is 6.18 Å². The smallest absolute Gasteiger partial charge is 0.357 e. The Morgan fingerprint density at radius 2 is 1.91 bits per heavy atom. The van der Waals surface area contributed by atoms with E-state index in [0.29, 0.717) is 0 Å². The first-order valence-electron chi connectivity index (χ1n) is 9.65. The number of amides is 1. The second-order valence-corrected chi connectivity index (χ2v) is 9.28. The minimum absolute atomic E-state index is 0.00761. The molecule has 1 atom stereocenters. The van der Waals surface area contributed by atoms with Crippen LogP contribution in [0.15, 0.2) is 47.4 Å². The van der Waals surface area contributed by atoms with Gasteiger partial charge in [0, 0.05) is 32.4 Å². The van der Waals surface area contributed by atoms with Gasteiger partial charge in [-0.1, -0.05) is 12.1 Å². The molecule has 0 spiro atoms. The molecule has 0 aliphatic carbocycles. The van der Waals surface area contributed by atoms with Crippen LogP contribution in [-0.2, 0) is 21.0 Å². The third-order valence-electron chi connectivity index (χ3n) is 5.28. The molecule has 0 aromatic heterocycles. The Morgan fingerprint density at radius 1 is 1.19 bits per heavy atom. The van der Waals surface area contributed by atoms with E-state index >= 15 is 0 Å². The number of anilines is 1. The average molecular weight is 466 g/mol. The van der Waals surface area contributed by atoms with Crippen LogP contribution in [-0.4, -0.2) is 51.4 Å². The van der Waals surface area contributed by atoms with Crippen LogP contribution in [0.4, 0.5) is 18.9 Å². The summed E-state index contributed by atoms with van der Waals surface area (Å²) in [6, 6.07) is 10.0. The molecule has 1 saturated heterocycles. The number of aryl methyl sites for hydroxylation is 1. The van der Waals surface area contributed by atoms with Crippen molar-refractivity contribution in [3.63, 3.8) is 0 Å². The Labute approximate surface area is 184 Å². The third-order valence-corrected chi connectivity index (χ3v) is 7.14. The zero-order valence-corrected chi connectivity index (χ0v) is 18.2. The molecule has 7 nitrogen and oxygen atoms in total. The van der Waals surface area contributed by atoms with E-state index in [-0.39, 0.29) is 30.2 Å². The molecule has 170 valence electrons. The fraction of sp³-hybridized carbons (Fsp3) is 0.333. The minimum Gasteiger partial charge on any atom is -0.357 e. The van der Waals surface area contributed by atoms with Gasteiger partial charge in [0.25, 0.3) is 0 Å². The summed E-state index contributed by atoms with van der Waals surface area (Å²) < 4.78 is 67.6. The van der Waals surface area contributed by atoms with E-state index in [0.717, 1.165) is 22.0 Å². The third kappa shape index (κ3) is 4.56. The number of carbonyl (C=O) groups is 1. The van der Waals surface area contributed by atoms with Crippen molar-refractivity contribution in [3.05, 3.63) is 59.2 Å². The van der Waals surface area contributed by atoms with Gasteiger partial charge < -0.3 is 10.2 Å². The zero-order valence-electron chi connectivity index (χ0n) is 17.3. The number of halogens is 3. The van der Waals surface area contributed by atoms with E-state index < -0.39 is 39.3 Å². The van der Waals surface area contributed by atoms with Gasteiger partial charge in [-0.15, -0.1) is 0 Å². The van der Waals surface area contributed by atoms with Gasteiger partial charge in [-0.2, -0.15) is 22.7 Å². The highest BCUT2D eigenvalue weighted by Crippen LogP contribution is 2.35. The molecule has 32 heavy (non-hydrogen) atoms. The predicted molar refractivity (Wildman–Crippen MR) is 111 cm³/mol. The number of nitrogens with zero attached hydrogens (tertiary/aromatic N) is 3. The van der Waals surface area contributed by atoms with Gasteiger partial charge in [-0.3, -0.25) is 4.79 Å². The number of hydrogen-bond donors (Lipinski definition) is 1. The lowest BCUT2D eigenvalue weighted by molar-refractivity contribution is -0.137. The lowest BCUT2D eigenvalue weighted by atomic mass is 10.0. The SMILES string of the molecule is CNC(=O)C1CN(S(=O)(=O)c2cccc(C)c2)CCN1c1ccc(C#N)c(C(F)(F)F)c1. The van der Waals surface area contributed by atoms with Gasteiger partial charge in [0.15, 0.2) is 0 Å². The minimum atomic E-state index is -4.75. The summed E-state index contributed by atoms with van der Waals surface area (Å²) >= 11 is 0. The van der Waals surface area contributed by atoms with E-state index in [9.17, 15) is 26.4 Å². The summed E-state index contributed by atoms with van der Waals surface area (Å²) in [6.45, 7) is 1.49. The Balaban J connectivity index is 1.98. The molecular weight excluding hydrogens is 445 g/mol. The molecule has 2 aromatic carbocycles. The van der Waals surface area contributed by atoms with Crippen LogP contribution in [0, 0.1) is 18.3 Å². The lowest BCUT2D eigenvalue weighted by Gasteiger charge is -2.41. The van der Waals surface area contributed by atoms with Crippen molar-refractivity contribution in [2.45, 2.75) is 24.0 Å². The highest BCUT2D eigenvalue weighted by molar-refractivity contribution is 7.89. The predicted octanol–water partition coefficient (Wildman–Crippen LogP) is 2.51. The normalized spacial score (nSPS) is 17.6. The molecule has 1 N–H and O–H groups in total. The van der Waals surface area contributed by atoms with Crippen LogP contribution in [0.3, 0.4) is 0 Å². The maximum absolute atomic E-state index is 13.4. The fourth-order valence-corrected chi connectivity index (χ4v) is 5.19. The number of carbonyl (C=O) groups excluding carboxylic acids is 1. The summed E-state index contributed by atoms with van der Waals surface area (Å²) in [4.78, 5) is 14.1. The molecule has 3 rings (SSSR count). The van der Waals surface area contributed by atoms with Crippen molar-refractivity contribution in [1.82, 2.24) is 9.62 Å². The van der Waals surface area contributed by atoms with Crippen molar-refractivity contribution in [3.8, 4) is 6.07 Å². The van der Waals surface area contributed by atoms with Crippen LogP contribution in [0.2, 0.25) is 0 Å². The Hall–Kier alpha value is -3.10. The first kappa shape index (κ1) is 23.6. The van der Waals surface area contributed by atoms with Gasteiger partial charge in [-0.25, -0.2) is 8.42 Å². The van der Waals surface area contributed by atoms with Crippen molar-refractivity contribution < 1.29 is 26.4 Å². The molecule has 1 aliphatic rings. The number of sulfonamides is 1. The number of likely N-dealkylation sites (N-methyl/N-ethyl adjacent to an activating group) is 1. The van der Waals surface area contributed by atoms with Crippen LogP contribution in [0.1, 0.15) is 16.7 Å². The molecule has 0 radical (unpaired) electrons. The maximum Gasteiger partial charge on any atom is 0.417 e. The van der Waals surface area contributed by atoms with Gasteiger partial charge in [0.05, 0.1) is 22.1 Å². The Bertz CT molecular complexity index is 1180. The second-order valence-electron chi connectivity index (χ2n) is 7.34. The van der Waals surface area contributed by atoms with Crippen LogP contribution < -0.4 is 10.2 Å². The summed E-state index contributed by atoms with van der Waals surface area (Å²) in [5.41, 5.74) is -0.802. The van der Waals surface area contributed by atoms with Gasteiger partial charge in [0.2, 0.25) is 15.9 Å². The number of nitrogens with one attached hydrogen (secondary N) is 1. The molecule has 1 fully saturated rings. The maximum atomic E-state index is 13.4. The number of rotatable bonds is 4. The van der Waals surface area contributed by atoms with Gasteiger partial charge in [-0.05, 0) is 42.8 Å². The Morgan fingerprint density at radius 3 is 2.50 bits per heavy atom. The van der Waals surface area contributed by atoms with Crippen LogP contribution in [0.5, 0.6) is 0 Å². The highest BCUT2D eigenvalue weighted by atomic mass is 32.2. The van der Waals surface area contributed by atoms with E-state index in [4.69, 9.17) is 5.26 Å². The lowest BCUT2D eigenvalue weighted by Crippen LogP contribution is -2.60. The summed E-state index contributed by atoms with van der Waals surface area (Å²) in [7, 11) is -2.53. The van der Waals surface area contributed by atoms with Crippen molar-refractivity contribution in [1.29, 1.82) is 5.26 Å². The van der Waals surface area contributed by atoms with Crippen molar-refractivity contribution in [2.75, 3.05) is 31.6 Å². The molecule has 1 aliphatic heterocycles. The fourth-order valence-electron chi connectivity index (χ4n) is 3.64. The number of nitriles is 1. The number of hydrogen-bond acceptors (Lipinski definition) is 5. The number of benzene rings is 2. The molecule has 1 unspecified atom stereocenters. The van der Waals surface area contributed by atoms with Gasteiger partial charge in [0.1, 0.15) is 6.04 Å². The van der Waals surface area contributed by atoms with Crippen LogP contribution in [0.25, 0.3) is 0 Å². The number of alkyl halides is 3. The van der Waals surface area contributed by atoms with E-state index in [1.807, 2.05) is 0 Å². The first-order chi connectivity index (χ1) is 15.0. The molecule has 2 aromatic rings. The average Bonchev–Trinajstić information content (AvgIpc) is 2.77. The second kappa shape index (κ2) is 8.80. The molecule has 11 heteroatoms. The highest BCUT2D eigenvalue weighted by Gasteiger charge is 2.39. The molecule has 1 heterocycles. The van der Waals surface area contributed by atoms with Crippen molar-refractivity contribution in [2.24, 2.45) is 0 Å². The number of piperazine rings is 1.